The normalized spacial score (nSPS) is 17.0. The van der Waals surface area contributed by atoms with E-state index in [2.05, 4.69) is 17.0 Å². The van der Waals surface area contributed by atoms with E-state index in [0.29, 0.717) is 0 Å². The van der Waals surface area contributed by atoms with Crippen LogP contribution in [0.15, 0.2) is 42.5 Å². The van der Waals surface area contributed by atoms with Gasteiger partial charge in [0, 0.05) is 25.2 Å². The van der Waals surface area contributed by atoms with Crippen molar-refractivity contribution in [1.82, 2.24) is 9.80 Å². The van der Waals surface area contributed by atoms with Crippen LogP contribution in [0.1, 0.15) is 47.2 Å². The Morgan fingerprint density at radius 3 is 2.32 bits per heavy atom. The van der Waals surface area contributed by atoms with Crippen LogP contribution in [-0.4, -0.2) is 62.1 Å². The van der Waals surface area contributed by atoms with E-state index in [1.54, 1.807) is 7.11 Å². The van der Waals surface area contributed by atoms with Gasteiger partial charge in [-0.2, -0.15) is 0 Å². The van der Waals surface area contributed by atoms with Crippen LogP contribution >= 0.6 is 0 Å². The van der Waals surface area contributed by atoms with E-state index in [-0.39, 0.29) is 5.91 Å². The molecule has 0 radical (unpaired) electrons. The number of nitrogens with zero attached hydrogens (tertiary/aromatic N) is 2. The summed E-state index contributed by atoms with van der Waals surface area (Å²) in [6.45, 7) is 5.76. The highest BCUT2D eigenvalue weighted by molar-refractivity contribution is 5.94. The molecule has 5 nitrogen and oxygen atoms in total. The zero-order valence-electron chi connectivity index (χ0n) is 18.6. The zero-order valence-corrected chi connectivity index (χ0v) is 18.6. The second-order valence-corrected chi connectivity index (χ2v) is 8.56. The van der Waals surface area contributed by atoms with Gasteiger partial charge in [0.25, 0.3) is 5.91 Å². The molecule has 0 saturated carbocycles. The fraction of sp³-hybridized carbons (Fsp3) is 0.500. The van der Waals surface area contributed by atoms with E-state index >= 15 is 0 Å². The second kappa shape index (κ2) is 10.7. The summed E-state index contributed by atoms with van der Waals surface area (Å²) in [5.74, 6) is 1.81. The molecule has 4 rings (SSSR count). The number of amides is 1. The first-order valence-corrected chi connectivity index (χ1v) is 11.6. The summed E-state index contributed by atoms with van der Waals surface area (Å²) in [7, 11) is 1.69. The highest BCUT2D eigenvalue weighted by atomic mass is 16.5. The third-order valence-corrected chi connectivity index (χ3v) is 6.44. The van der Waals surface area contributed by atoms with Gasteiger partial charge in [0.1, 0.15) is 11.5 Å². The largest absolute Gasteiger partial charge is 0.497 e. The maximum absolute atomic E-state index is 13.0. The fourth-order valence-electron chi connectivity index (χ4n) is 4.57. The van der Waals surface area contributed by atoms with Gasteiger partial charge < -0.3 is 19.3 Å². The number of carbonyl (C=O) groups is 1. The zero-order chi connectivity index (χ0) is 21.5. The first-order valence-electron chi connectivity index (χ1n) is 11.6. The molecular formula is C26H34N2O3. The predicted molar refractivity (Wildman–Crippen MR) is 123 cm³/mol. The number of methoxy groups -OCH3 is 1. The predicted octanol–water partition coefficient (Wildman–Crippen LogP) is 4.19. The van der Waals surface area contributed by atoms with Crippen molar-refractivity contribution < 1.29 is 14.3 Å². The molecule has 166 valence electrons. The third kappa shape index (κ3) is 5.79. The molecule has 1 fully saturated rings. The molecule has 2 aromatic carbocycles. The van der Waals surface area contributed by atoms with Gasteiger partial charge in [0.15, 0.2) is 0 Å². The number of hydrogen-bond donors (Lipinski definition) is 0. The Labute approximate surface area is 185 Å². The van der Waals surface area contributed by atoms with E-state index in [1.165, 1.54) is 43.5 Å². The van der Waals surface area contributed by atoms with Crippen molar-refractivity contribution in [2.24, 2.45) is 0 Å². The standard InChI is InChI=1S/C26H34N2O3/c1-30-25-11-6-21-12-17-28(18-13-23(21)20-25)26(29)22-7-9-24(10-8-22)31-19-5-16-27-14-3-2-4-15-27/h6-11,20H,2-5,12-19H2,1H3. The molecule has 0 aliphatic carbocycles. The molecule has 2 aliphatic heterocycles. The van der Waals surface area contributed by atoms with Crippen molar-refractivity contribution in [3.8, 4) is 11.5 Å². The number of piperidine rings is 1. The summed E-state index contributed by atoms with van der Waals surface area (Å²) in [6, 6.07) is 13.9. The van der Waals surface area contributed by atoms with E-state index in [1.807, 2.05) is 35.2 Å². The van der Waals surface area contributed by atoms with E-state index < -0.39 is 0 Å². The van der Waals surface area contributed by atoms with Crippen LogP contribution < -0.4 is 9.47 Å². The minimum Gasteiger partial charge on any atom is -0.497 e. The summed E-state index contributed by atoms with van der Waals surface area (Å²) in [5.41, 5.74) is 3.32. The topological polar surface area (TPSA) is 42.0 Å². The molecule has 0 N–H and O–H groups in total. The summed E-state index contributed by atoms with van der Waals surface area (Å²) in [6.07, 6.45) is 6.80. The first-order chi connectivity index (χ1) is 15.2. The number of ether oxygens (including phenoxy) is 2. The van der Waals surface area contributed by atoms with E-state index in [0.717, 1.165) is 62.6 Å². The van der Waals surface area contributed by atoms with E-state index in [4.69, 9.17) is 9.47 Å². The molecule has 2 aliphatic rings. The number of hydrogen-bond acceptors (Lipinski definition) is 4. The van der Waals surface area contributed by atoms with Gasteiger partial charge >= 0.3 is 0 Å². The quantitative estimate of drug-likeness (QED) is 0.628. The lowest BCUT2D eigenvalue weighted by Gasteiger charge is -2.26. The van der Waals surface area contributed by atoms with Crippen LogP contribution in [0.3, 0.4) is 0 Å². The molecule has 1 amide bonds. The lowest BCUT2D eigenvalue weighted by atomic mass is 10.0. The first kappa shape index (κ1) is 21.7. The SMILES string of the molecule is COc1ccc2c(c1)CCN(C(=O)c1ccc(OCCCN3CCCCC3)cc1)CC2. The number of fused-ring (bicyclic) bond motifs is 1. The molecule has 0 aromatic heterocycles. The fourth-order valence-corrected chi connectivity index (χ4v) is 4.57. The minimum atomic E-state index is 0.0939. The van der Waals surface area contributed by atoms with Gasteiger partial charge in [0.2, 0.25) is 0 Å². The van der Waals surface area contributed by atoms with Gasteiger partial charge in [-0.3, -0.25) is 4.79 Å². The van der Waals surface area contributed by atoms with Gasteiger partial charge in [-0.25, -0.2) is 0 Å². The number of likely N-dealkylation sites (tertiary alicyclic amines) is 1. The van der Waals surface area contributed by atoms with Crippen molar-refractivity contribution in [3.63, 3.8) is 0 Å². The Kier molecular flexibility index (Phi) is 7.47. The molecule has 0 spiro atoms. The van der Waals surface area contributed by atoms with E-state index in [9.17, 15) is 4.79 Å². The Balaban J connectivity index is 1.26. The van der Waals surface area contributed by atoms with Crippen LogP contribution in [0.25, 0.3) is 0 Å². The molecular weight excluding hydrogens is 388 g/mol. The summed E-state index contributed by atoms with van der Waals surface area (Å²) in [4.78, 5) is 17.5. The molecule has 2 aromatic rings. The van der Waals surface area contributed by atoms with Crippen molar-refractivity contribution in [2.75, 3.05) is 46.4 Å². The monoisotopic (exact) mass is 422 g/mol. The molecule has 2 heterocycles. The molecule has 0 bridgehead atoms. The number of benzene rings is 2. The Morgan fingerprint density at radius 1 is 0.871 bits per heavy atom. The highest BCUT2D eigenvalue weighted by Crippen LogP contribution is 2.23. The minimum absolute atomic E-state index is 0.0939. The van der Waals surface area contributed by atoms with Crippen molar-refractivity contribution >= 4 is 5.91 Å². The Morgan fingerprint density at radius 2 is 1.58 bits per heavy atom. The molecule has 31 heavy (non-hydrogen) atoms. The summed E-state index contributed by atoms with van der Waals surface area (Å²) >= 11 is 0. The molecule has 0 unspecified atom stereocenters. The smallest absolute Gasteiger partial charge is 0.253 e. The van der Waals surface area contributed by atoms with Gasteiger partial charge in [-0.05, 0) is 92.7 Å². The average molecular weight is 423 g/mol. The van der Waals surface area contributed by atoms with Crippen LogP contribution in [-0.2, 0) is 12.8 Å². The second-order valence-electron chi connectivity index (χ2n) is 8.56. The summed E-state index contributed by atoms with van der Waals surface area (Å²) < 4.78 is 11.2. The lowest BCUT2D eigenvalue weighted by molar-refractivity contribution is 0.0763. The van der Waals surface area contributed by atoms with Gasteiger partial charge in [-0.15, -0.1) is 0 Å². The maximum Gasteiger partial charge on any atom is 0.253 e. The van der Waals surface area contributed by atoms with Gasteiger partial charge in [0.05, 0.1) is 13.7 Å². The Hall–Kier alpha value is -2.53. The number of carbonyl (C=O) groups excluding carboxylic acids is 1. The van der Waals surface area contributed by atoms with Crippen LogP contribution in [0.5, 0.6) is 11.5 Å². The van der Waals surface area contributed by atoms with Crippen molar-refractivity contribution in [1.29, 1.82) is 0 Å². The third-order valence-electron chi connectivity index (χ3n) is 6.44. The van der Waals surface area contributed by atoms with Crippen LogP contribution in [0.2, 0.25) is 0 Å². The lowest BCUT2D eigenvalue weighted by Crippen LogP contribution is -2.33. The Bertz CT molecular complexity index is 859. The van der Waals surface area contributed by atoms with Crippen LogP contribution in [0, 0.1) is 0 Å². The summed E-state index contributed by atoms with van der Waals surface area (Å²) in [5, 5.41) is 0. The number of rotatable bonds is 7. The van der Waals surface area contributed by atoms with Crippen molar-refractivity contribution in [2.45, 2.75) is 38.5 Å². The molecule has 5 heteroatoms. The molecule has 0 atom stereocenters. The average Bonchev–Trinajstić information content (AvgIpc) is 3.04. The molecule has 1 saturated heterocycles. The van der Waals surface area contributed by atoms with Crippen LogP contribution in [0.4, 0.5) is 0 Å². The van der Waals surface area contributed by atoms with Gasteiger partial charge in [-0.1, -0.05) is 12.5 Å². The van der Waals surface area contributed by atoms with Crippen molar-refractivity contribution in [3.05, 3.63) is 59.2 Å². The highest BCUT2D eigenvalue weighted by Gasteiger charge is 2.20. The maximum atomic E-state index is 13.0.